The lowest BCUT2D eigenvalue weighted by atomic mass is 10.4. The first-order chi connectivity index (χ1) is 5.77. The van der Waals surface area contributed by atoms with Crippen LogP contribution in [0.15, 0.2) is 12.3 Å². The molecule has 0 amide bonds. The van der Waals surface area contributed by atoms with E-state index in [1.54, 1.807) is 6.20 Å². The largest absolute Gasteiger partial charge is 0.322 e. The Labute approximate surface area is 73.5 Å². The first-order valence-corrected chi connectivity index (χ1v) is 4.43. The lowest BCUT2D eigenvalue weighted by Gasteiger charge is -1.94. The summed E-state index contributed by atoms with van der Waals surface area (Å²) in [6.07, 6.45) is 1.63. The van der Waals surface area contributed by atoms with Gasteiger partial charge in [-0.15, -0.1) is 5.10 Å². The van der Waals surface area contributed by atoms with Crippen LogP contribution in [0.2, 0.25) is 0 Å². The number of thiazole rings is 1. The van der Waals surface area contributed by atoms with E-state index in [0.29, 0.717) is 0 Å². The molecular weight excluding hydrogens is 172 g/mol. The van der Waals surface area contributed by atoms with Gasteiger partial charge in [-0.1, -0.05) is 11.3 Å². The van der Waals surface area contributed by atoms with E-state index < -0.39 is 0 Å². The van der Waals surface area contributed by atoms with Crippen molar-refractivity contribution in [1.82, 2.24) is 15.2 Å². The van der Waals surface area contributed by atoms with Gasteiger partial charge >= 0.3 is 0 Å². The third-order valence-electron chi connectivity index (χ3n) is 1.49. The monoisotopic (exact) mass is 180 g/mol. The summed E-state index contributed by atoms with van der Waals surface area (Å²) in [6, 6.07) is 1.81. The summed E-state index contributed by atoms with van der Waals surface area (Å²) in [7, 11) is 0. The van der Waals surface area contributed by atoms with Gasteiger partial charge in [-0.25, -0.2) is 4.98 Å². The maximum absolute atomic E-state index is 5.68. The van der Waals surface area contributed by atoms with Crippen LogP contribution in [0, 0.1) is 0 Å². The Bertz CT molecular complexity index is 362. The highest BCUT2D eigenvalue weighted by atomic mass is 32.1. The minimum Gasteiger partial charge on any atom is -0.322 e. The van der Waals surface area contributed by atoms with Gasteiger partial charge in [-0.2, -0.15) is 5.10 Å². The number of nitrogens with zero attached hydrogens (tertiary/aromatic N) is 3. The second kappa shape index (κ2) is 2.76. The van der Waals surface area contributed by atoms with Gasteiger partial charge in [0, 0.05) is 0 Å². The van der Waals surface area contributed by atoms with Crippen molar-refractivity contribution in [3.05, 3.63) is 17.3 Å². The fourth-order valence-electron chi connectivity index (χ4n) is 0.905. The molecular formula is C7H8N4S. The van der Waals surface area contributed by atoms with E-state index in [0.717, 1.165) is 15.4 Å². The minimum atomic E-state index is -0.0239. The fraction of sp³-hybridized carbons (Fsp3) is 0.286. The predicted molar refractivity (Wildman–Crippen MR) is 47.8 cm³/mol. The molecule has 0 aliphatic carbocycles. The molecule has 0 saturated carbocycles. The van der Waals surface area contributed by atoms with Gasteiger partial charge in [-0.05, 0) is 13.0 Å². The molecule has 0 aromatic carbocycles. The third-order valence-corrected chi connectivity index (χ3v) is 2.64. The van der Waals surface area contributed by atoms with Crippen molar-refractivity contribution >= 4 is 21.7 Å². The Morgan fingerprint density at radius 3 is 3.08 bits per heavy atom. The first kappa shape index (κ1) is 7.57. The van der Waals surface area contributed by atoms with Gasteiger partial charge in [-0.3, -0.25) is 0 Å². The Morgan fingerprint density at radius 2 is 2.42 bits per heavy atom. The van der Waals surface area contributed by atoms with Gasteiger partial charge < -0.3 is 5.73 Å². The van der Waals surface area contributed by atoms with Crippen LogP contribution in [0.5, 0.6) is 0 Å². The normalized spacial score (nSPS) is 13.5. The molecule has 4 nitrogen and oxygen atoms in total. The third kappa shape index (κ3) is 1.17. The molecule has 2 aromatic heterocycles. The zero-order chi connectivity index (χ0) is 8.55. The Morgan fingerprint density at radius 1 is 1.58 bits per heavy atom. The van der Waals surface area contributed by atoms with E-state index in [1.165, 1.54) is 11.3 Å². The van der Waals surface area contributed by atoms with Crippen molar-refractivity contribution < 1.29 is 0 Å². The van der Waals surface area contributed by atoms with E-state index in [4.69, 9.17) is 5.73 Å². The smallest absolute Gasteiger partial charge is 0.166 e. The van der Waals surface area contributed by atoms with Crippen LogP contribution in [-0.4, -0.2) is 15.2 Å². The Kier molecular flexibility index (Phi) is 1.74. The van der Waals surface area contributed by atoms with Gasteiger partial charge in [0.1, 0.15) is 10.5 Å². The molecule has 0 aliphatic heterocycles. The second-order valence-electron chi connectivity index (χ2n) is 2.56. The van der Waals surface area contributed by atoms with Crippen LogP contribution >= 0.6 is 11.3 Å². The van der Waals surface area contributed by atoms with Crippen molar-refractivity contribution in [1.29, 1.82) is 0 Å². The quantitative estimate of drug-likeness (QED) is 0.713. The molecule has 12 heavy (non-hydrogen) atoms. The maximum atomic E-state index is 5.68. The summed E-state index contributed by atoms with van der Waals surface area (Å²) in [4.78, 5) is 5.15. The van der Waals surface area contributed by atoms with Crippen LogP contribution < -0.4 is 5.73 Å². The summed E-state index contributed by atoms with van der Waals surface area (Å²) in [6.45, 7) is 1.91. The highest BCUT2D eigenvalue weighted by molar-refractivity contribution is 7.18. The summed E-state index contributed by atoms with van der Waals surface area (Å²) in [5.74, 6) is 0. The van der Waals surface area contributed by atoms with Gasteiger partial charge in [0.25, 0.3) is 0 Å². The molecule has 2 aromatic rings. The van der Waals surface area contributed by atoms with E-state index >= 15 is 0 Å². The SMILES string of the molecule is CC(N)c1nc2ccnnc2s1. The van der Waals surface area contributed by atoms with Gasteiger partial charge in [0.15, 0.2) is 4.83 Å². The fourth-order valence-corrected chi connectivity index (χ4v) is 1.74. The zero-order valence-electron chi connectivity index (χ0n) is 6.56. The summed E-state index contributed by atoms with van der Waals surface area (Å²) >= 11 is 1.50. The summed E-state index contributed by atoms with van der Waals surface area (Å²) in [5, 5.41) is 8.61. The van der Waals surface area contributed by atoms with Crippen molar-refractivity contribution in [3.8, 4) is 0 Å². The predicted octanol–water partition coefficient (Wildman–Crippen LogP) is 1.11. The van der Waals surface area contributed by atoms with E-state index in [1.807, 2.05) is 13.0 Å². The van der Waals surface area contributed by atoms with Crippen molar-refractivity contribution in [2.24, 2.45) is 5.73 Å². The number of hydrogen-bond acceptors (Lipinski definition) is 5. The average molecular weight is 180 g/mol. The van der Waals surface area contributed by atoms with Crippen LogP contribution in [0.1, 0.15) is 18.0 Å². The highest BCUT2D eigenvalue weighted by Gasteiger charge is 2.07. The minimum absolute atomic E-state index is 0.0239. The first-order valence-electron chi connectivity index (χ1n) is 3.61. The summed E-state index contributed by atoms with van der Waals surface area (Å²) < 4.78 is 0. The molecule has 1 atom stereocenters. The van der Waals surface area contributed by atoms with E-state index in [9.17, 15) is 0 Å². The molecule has 0 radical (unpaired) electrons. The van der Waals surface area contributed by atoms with Gasteiger partial charge in [0.2, 0.25) is 0 Å². The molecule has 0 bridgehead atoms. The molecule has 62 valence electrons. The van der Waals surface area contributed by atoms with Crippen molar-refractivity contribution in [3.63, 3.8) is 0 Å². The zero-order valence-corrected chi connectivity index (χ0v) is 7.38. The number of nitrogens with two attached hydrogens (primary N) is 1. The molecule has 0 fully saturated rings. The highest BCUT2D eigenvalue weighted by Crippen LogP contribution is 2.22. The number of hydrogen-bond donors (Lipinski definition) is 1. The van der Waals surface area contributed by atoms with Crippen LogP contribution in [0.4, 0.5) is 0 Å². The molecule has 2 N–H and O–H groups in total. The standard InChI is InChI=1S/C7H8N4S/c1-4(8)6-10-5-2-3-9-11-7(5)12-6/h2-4H,8H2,1H3. The van der Waals surface area contributed by atoms with Crippen LogP contribution in [0.25, 0.3) is 10.3 Å². The average Bonchev–Trinajstić information content (AvgIpc) is 2.46. The number of aromatic nitrogens is 3. The maximum Gasteiger partial charge on any atom is 0.166 e. The number of rotatable bonds is 1. The Hall–Kier alpha value is -1.07. The summed E-state index contributed by atoms with van der Waals surface area (Å²) in [5.41, 5.74) is 6.55. The molecule has 0 spiro atoms. The van der Waals surface area contributed by atoms with Crippen molar-refractivity contribution in [2.75, 3.05) is 0 Å². The van der Waals surface area contributed by atoms with E-state index in [-0.39, 0.29) is 6.04 Å². The molecule has 0 saturated heterocycles. The lowest BCUT2D eigenvalue weighted by molar-refractivity contribution is 0.810. The van der Waals surface area contributed by atoms with Crippen molar-refractivity contribution in [2.45, 2.75) is 13.0 Å². The molecule has 2 heterocycles. The van der Waals surface area contributed by atoms with Crippen LogP contribution in [-0.2, 0) is 0 Å². The lowest BCUT2D eigenvalue weighted by Crippen LogP contribution is -2.03. The molecule has 0 aliphatic rings. The van der Waals surface area contributed by atoms with Gasteiger partial charge in [0.05, 0.1) is 12.2 Å². The topological polar surface area (TPSA) is 64.7 Å². The van der Waals surface area contributed by atoms with E-state index in [2.05, 4.69) is 15.2 Å². The number of fused-ring (bicyclic) bond motifs is 1. The second-order valence-corrected chi connectivity index (χ2v) is 3.57. The molecule has 1 unspecified atom stereocenters. The molecule has 5 heteroatoms. The Balaban J connectivity index is 2.62. The van der Waals surface area contributed by atoms with Crippen LogP contribution in [0.3, 0.4) is 0 Å². The molecule has 2 rings (SSSR count).